The highest BCUT2D eigenvalue weighted by Gasteiger charge is 2.32. The molecule has 8 heteroatoms. The third kappa shape index (κ3) is 4.64. The van der Waals surface area contributed by atoms with Crippen LogP contribution in [0.25, 0.3) is 0 Å². The quantitative estimate of drug-likeness (QED) is 0.691. The lowest BCUT2D eigenvalue weighted by atomic mass is 9.84. The van der Waals surface area contributed by atoms with Crippen molar-refractivity contribution in [2.75, 3.05) is 23.9 Å². The average Bonchev–Trinajstić information content (AvgIpc) is 2.72. The molecule has 8 nitrogen and oxygen atoms in total. The molecule has 4 amide bonds. The number of nitrogens with one attached hydrogen (secondary N) is 2. The van der Waals surface area contributed by atoms with E-state index >= 15 is 0 Å². The second-order valence-electron chi connectivity index (χ2n) is 8.62. The van der Waals surface area contributed by atoms with Crippen molar-refractivity contribution in [2.24, 2.45) is 0 Å². The van der Waals surface area contributed by atoms with Crippen molar-refractivity contribution in [3.63, 3.8) is 0 Å². The molecule has 168 valence electrons. The molecule has 2 aromatic carbocycles. The van der Waals surface area contributed by atoms with E-state index < -0.39 is 17.4 Å². The minimum Gasteiger partial charge on any atom is -0.496 e. The molecule has 1 aliphatic heterocycles. The molecule has 0 bridgehead atoms. The Bertz CT molecular complexity index is 1070. The molecule has 1 heterocycles. The standard InChI is InChI=1S/C24H27N3O5/c1-14(28)15-6-8-16(9-7-15)26-22(30)18-12-17(27-20(29)10-11-25-23(27)31)13-19(21(18)32-5)24(2,3)4/h6-9,12-13H,10-11H2,1-5H3,(H,25,31)(H,26,30). The summed E-state index contributed by atoms with van der Waals surface area (Å²) in [7, 11) is 1.47. The fourth-order valence-electron chi connectivity index (χ4n) is 3.52. The molecule has 0 atom stereocenters. The number of Topliss-reactive ketones (excluding diaryl/α,β-unsaturated/α-hetero) is 1. The number of ether oxygens (including phenoxy) is 1. The van der Waals surface area contributed by atoms with Crippen LogP contribution in [-0.4, -0.2) is 37.3 Å². The number of carbonyl (C=O) groups is 4. The lowest BCUT2D eigenvalue weighted by Crippen LogP contribution is -2.50. The predicted molar refractivity (Wildman–Crippen MR) is 122 cm³/mol. The molecule has 0 aromatic heterocycles. The molecule has 3 rings (SSSR count). The Hall–Kier alpha value is -3.68. The largest absolute Gasteiger partial charge is 0.496 e. The maximum absolute atomic E-state index is 13.2. The third-order valence-corrected chi connectivity index (χ3v) is 5.21. The van der Waals surface area contributed by atoms with Gasteiger partial charge in [0.2, 0.25) is 5.91 Å². The SMILES string of the molecule is COc1c(C(=O)Nc2ccc(C(C)=O)cc2)cc(N2C(=O)CCNC2=O)cc1C(C)(C)C. The molecule has 0 spiro atoms. The van der Waals surface area contributed by atoms with Gasteiger partial charge in [0.05, 0.1) is 18.4 Å². The zero-order valence-corrected chi connectivity index (χ0v) is 18.9. The summed E-state index contributed by atoms with van der Waals surface area (Å²) in [6.45, 7) is 7.61. The van der Waals surface area contributed by atoms with Crippen LogP contribution in [0.2, 0.25) is 0 Å². The van der Waals surface area contributed by atoms with Crippen molar-refractivity contribution < 1.29 is 23.9 Å². The monoisotopic (exact) mass is 437 g/mol. The van der Waals surface area contributed by atoms with E-state index in [1.54, 1.807) is 30.3 Å². The van der Waals surface area contributed by atoms with Gasteiger partial charge in [0.25, 0.3) is 5.91 Å². The minimum absolute atomic E-state index is 0.0726. The van der Waals surface area contributed by atoms with Gasteiger partial charge in [-0.1, -0.05) is 20.8 Å². The number of rotatable bonds is 5. The predicted octanol–water partition coefficient (Wildman–Crippen LogP) is 3.89. The summed E-state index contributed by atoms with van der Waals surface area (Å²) in [5, 5.41) is 5.45. The number of hydrogen-bond donors (Lipinski definition) is 2. The molecule has 32 heavy (non-hydrogen) atoms. The van der Waals surface area contributed by atoms with Crippen LogP contribution >= 0.6 is 0 Å². The topological polar surface area (TPSA) is 105 Å². The Kier molecular flexibility index (Phi) is 6.34. The lowest BCUT2D eigenvalue weighted by molar-refractivity contribution is -0.118. The second-order valence-corrected chi connectivity index (χ2v) is 8.62. The molecule has 1 fully saturated rings. The molecule has 1 aliphatic rings. The number of nitrogens with zero attached hydrogens (tertiary/aromatic N) is 1. The number of anilines is 2. The van der Waals surface area contributed by atoms with Crippen molar-refractivity contribution >= 4 is 35.0 Å². The van der Waals surface area contributed by atoms with Gasteiger partial charge in [-0.05, 0) is 48.7 Å². The van der Waals surface area contributed by atoms with Crippen LogP contribution in [0, 0.1) is 0 Å². The first-order valence-corrected chi connectivity index (χ1v) is 10.3. The van der Waals surface area contributed by atoms with Crippen molar-refractivity contribution in [2.45, 2.75) is 39.5 Å². The fraction of sp³-hybridized carbons (Fsp3) is 0.333. The number of benzene rings is 2. The number of methoxy groups -OCH3 is 1. The maximum Gasteiger partial charge on any atom is 0.328 e. The van der Waals surface area contributed by atoms with E-state index in [1.807, 2.05) is 20.8 Å². The van der Waals surface area contributed by atoms with E-state index in [-0.39, 0.29) is 30.2 Å². The van der Waals surface area contributed by atoms with E-state index in [9.17, 15) is 19.2 Å². The number of hydrogen-bond acceptors (Lipinski definition) is 5. The summed E-state index contributed by atoms with van der Waals surface area (Å²) in [6, 6.07) is 9.19. The Labute approximate surface area is 186 Å². The number of imide groups is 1. The van der Waals surface area contributed by atoms with Gasteiger partial charge in [0, 0.05) is 29.8 Å². The first-order valence-electron chi connectivity index (χ1n) is 10.3. The van der Waals surface area contributed by atoms with Crippen molar-refractivity contribution in [1.29, 1.82) is 0 Å². The van der Waals surface area contributed by atoms with Crippen molar-refractivity contribution in [3.8, 4) is 5.75 Å². The van der Waals surface area contributed by atoms with Gasteiger partial charge < -0.3 is 15.4 Å². The highest BCUT2D eigenvalue weighted by atomic mass is 16.5. The van der Waals surface area contributed by atoms with E-state index in [0.29, 0.717) is 28.3 Å². The van der Waals surface area contributed by atoms with Crippen LogP contribution in [-0.2, 0) is 10.2 Å². The summed E-state index contributed by atoms with van der Waals surface area (Å²) < 4.78 is 5.60. The highest BCUT2D eigenvalue weighted by Crippen LogP contribution is 2.38. The summed E-state index contributed by atoms with van der Waals surface area (Å²) >= 11 is 0. The van der Waals surface area contributed by atoms with Gasteiger partial charge >= 0.3 is 6.03 Å². The molecule has 0 radical (unpaired) electrons. The van der Waals surface area contributed by atoms with Crippen LogP contribution in [0.15, 0.2) is 36.4 Å². The van der Waals surface area contributed by atoms with Gasteiger partial charge in [0.15, 0.2) is 5.78 Å². The van der Waals surface area contributed by atoms with Gasteiger partial charge in [0.1, 0.15) is 5.75 Å². The van der Waals surface area contributed by atoms with Crippen molar-refractivity contribution in [3.05, 3.63) is 53.1 Å². The summed E-state index contributed by atoms with van der Waals surface area (Å²) in [5.74, 6) is -0.514. The van der Waals surface area contributed by atoms with Crippen LogP contribution in [0.3, 0.4) is 0 Å². The second kappa shape index (κ2) is 8.82. The summed E-state index contributed by atoms with van der Waals surface area (Å²) in [4.78, 5) is 50.7. The van der Waals surface area contributed by atoms with E-state index in [1.165, 1.54) is 20.1 Å². The van der Waals surface area contributed by atoms with E-state index in [2.05, 4.69) is 10.6 Å². The molecule has 0 saturated carbocycles. The van der Waals surface area contributed by atoms with Crippen LogP contribution in [0.5, 0.6) is 5.75 Å². The van der Waals surface area contributed by atoms with Crippen molar-refractivity contribution in [1.82, 2.24) is 5.32 Å². The first-order chi connectivity index (χ1) is 15.0. The average molecular weight is 437 g/mol. The Morgan fingerprint density at radius 2 is 1.75 bits per heavy atom. The molecule has 2 aromatic rings. The normalized spacial score (nSPS) is 14.1. The minimum atomic E-state index is -0.530. The summed E-state index contributed by atoms with van der Waals surface area (Å²) in [6.07, 6.45) is 0.173. The highest BCUT2D eigenvalue weighted by molar-refractivity contribution is 6.17. The van der Waals surface area contributed by atoms with E-state index in [4.69, 9.17) is 4.74 Å². The van der Waals surface area contributed by atoms with E-state index in [0.717, 1.165) is 4.90 Å². The third-order valence-electron chi connectivity index (χ3n) is 5.21. The number of carbonyl (C=O) groups excluding carboxylic acids is 4. The lowest BCUT2D eigenvalue weighted by Gasteiger charge is -2.30. The molecular formula is C24H27N3O5. The van der Waals surface area contributed by atoms with Gasteiger partial charge in [-0.25, -0.2) is 9.69 Å². The van der Waals surface area contributed by atoms with Gasteiger partial charge in [-0.15, -0.1) is 0 Å². The molecule has 0 unspecified atom stereocenters. The van der Waals surface area contributed by atoms with Crippen LogP contribution in [0.1, 0.15) is 60.4 Å². The Morgan fingerprint density at radius 1 is 1.09 bits per heavy atom. The number of urea groups is 1. The first kappa shape index (κ1) is 23.0. The van der Waals surface area contributed by atoms with Crippen LogP contribution < -0.4 is 20.3 Å². The fourth-order valence-corrected chi connectivity index (χ4v) is 3.52. The van der Waals surface area contributed by atoms with Gasteiger partial charge in [-0.3, -0.25) is 14.4 Å². The van der Waals surface area contributed by atoms with Gasteiger partial charge in [-0.2, -0.15) is 0 Å². The molecule has 2 N–H and O–H groups in total. The molecule has 0 aliphatic carbocycles. The zero-order chi connectivity index (χ0) is 23.6. The van der Waals surface area contributed by atoms with Crippen LogP contribution in [0.4, 0.5) is 16.2 Å². The Balaban J connectivity index is 2.08. The smallest absolute Gasteiger partial charge is 0.328 e. The Morgan fingerprint density at radius 3 is 2.28 bits per heavy atom. The number of ketones is 1. The maximum atomic E-state index is 13.2. The summed E-state index contributed by atoms with van der Waals surface area (Å²) in [5.41, 5.74) is 1.77. The molecular weight excluding hydrogens is 410 g/mol. The number of amides is 4. The zero-order valence-electron chi connectivity index (χ0n) is 18.9. The molecule has 1 saturated heterocycles.